The summed E-state index contributed by atoms with van der Waals surface area (Å²) in [5.74, 6) is -3.55. The van der Waals surface area contributed by atoms with Crippen LogP contribution in [0.2, 0.25) is 0 Å². The lowest BCUT2D eigenvalue weighted by Gasteiger charge is -2.18. The Bertz CT molecular complexity index is 609. The molecule has 2 atom stereocenters. The number of carbonyl (C=O) groups is 1. The van der Waals surface area contributed by atoms with Crippen molar-refractivity contribution in [2.45, 2.75) is 19.9 Å². The van der Waals surface area contributed by atoms with Gasteiger partial charge in [0.2, 0.25) is 0 Å². The van der Waals surface area contributed by atoms with Crippen molar-refractivity contribution in [1.29, 1.82) is 0 Å². The van der Waals surface area contributed by atoms with Crippen LogP contribution in [0.3, 0.4) is 0 Å². The smallest absolute Gasteiger partial charge is 0.308 e. The minimum Gasteiger partial charge on any atom is -0.481 e. The van der Waals surface area contributed by atoms with Gasteiger partial charge in [0.25, 0.3) is 0 Å². The number of hydrogen-bond donors (Lipinski definition) is 1. The summed E-state index contributed by atoms with van der Waals surface area (Å²) in [7, 11) is 0. The van der Waals surface area contributed by atoms with Gasteiger partial charge in [-0.2, -0.15) is 0 Å². The number of nitrogens with zero attached hydrogens (tertiary/aromatic N) is 2. The maximum atomic E-state index is 13.2. The molecule has 96 valence electrons. The number of halogens is 2. The zero-order chi connectivity index (χ0) is 13.4. The van der Waals surface area contributed by atoms with Crippen molar-refractivity contribution in [3.8, 4) is 0 Å². The molecule has 2 unspecified atom stereocenters. The van der Waals surface area contributed by atoms with E-state index in [4.69, 9.17) is 5.11 Å². The molecule has 0 aliphatic rings. The van der Waals surface area contributed by atoms with Gasteiger partial charge in [0.15, 0.2) is 11.6 Å². The predicted molar refractivity (Wildman–Crippen MR) is 61.2 cm³/mol. The lowest BCUT2D eigenvalue weighted by molar-refractivity contribution is -0.142. The molecule has 0 radical (unpaired) electrons. The van der Waals surface area contributed by atoms with E-state index in [-0.39, 0.29) is 0 Å². The van der Waals surface area contributed by atoms with Gasteiger partial charge in [0.1, 0.15) is 0 Å². The summed E-state index contributed by atoms with van der Waals surface area (Å²) in [4.78, 5) is 14.9. The van der Waals surface area contributed by atoms with Gasteiger partial charge in [-0.05, 0) is 13.8 Å². The van der Waals surface area contributed by atoms with Gasteiger partial charge >= 0.3 is 5.97 Å². The Labute approximate surface area is 102 Å². The molecule has 2 rings (SSSR count). The van der Waals surface area contributed by atoms with E-state index in [1.165, 1.54) is 10.9 Å². The van der Waals surface area contributed by atoms with Crippen molar-refractivity contribution < 1.29 is 18.7 Å². The molecule has 0 fully saturated rings. The van der Waals surface area contributed by atoms with E-state index in [2.05, 4.69) is 4.98 Å². The van der Waals surface area contributed by atoms with E-state index in [1.807, 2.05) is 0 Å². The summed E-state index contributed by atoms with van der Waals surface area (Å²) in [6.07, 6.45) is 1.40. The van der Waals surface area contributed by atoms with Gasteiger partial charge in [-0.3, -0.25) is 4.79 Å². The second-order valence-corrected chi connectivity index (χ2v) is 4.27. The Morgan fingerprint density at radius 1 is 1.33 bits per heavy atom. The molecule has 1 aromatic heterocycles. The number of benzene rings is 1. The first-order valence-electron chi connectivity index (χ1n) is 5.46. The number of aromatic nitrogens is 2. The first-order valence-corrected chi connectivity index (χ1v) is 5.46. The molecule has 18 heavy (non-hydrogen) atoms. The van der Waals surface area contributed by atoms with Crippen molar-refractivity contribution in [3.63, 3.8) is 0 Å². The van der Waals surface area contributed by atoms with Gasteiger partial charge in [-0.1, -0.05) is 0 Å². The quantitative estimate of drug-likeness (QED) is 0.915. The van der Waals surface area contributed by atoms with Crippen molar-refractivity contribution in [3.05, 3.63) is 30.1 Å². The molecule has 0 saturated heterocycles. The fourth-order valence-corrected chi connectivity index (χ4v) is 1.79. The Balaban J connectivity index is 2.52. The third-order valence-corrected chi connectivity index (χ3v) is 3.17. The fourth-order valence-electron chi connectivity index (χ4n) is 1.79. The van der Waals surface area contributed by atoms with Crippen LogP contribution in [0.15, 0.2) is 18.5 Å². The topological polar surface area (TPSA) is 55.1 Å². The zero-order valence-electron chi connectivity index (χ0n) is 9.89. The van der Waals surface area contributed by atoms with E-state index in [9.17, 15) is 13.6 Å². The number of rotatable bonds is 3. The standard InChI is InChI=1S/C12H12F2N2O2/c1-6(12(17)18)7(2)16-5-15-10-3-8(13)9(14)4-11(10)16/h3-7H,1-2H3,(H,17,18). The highest BCUT2D eigenvalue weighted by Gasteiger charge is 2.22. The summed E-state index contributed by atoms with van der Waals surface area (Å²) >= 11 is 0. The van der Waals surface area contributed by atoms with Crippen molar-refractivity contribution in [1.82, 2.24) is 9.55 Å². The van der Waals surface area contributed by atoms with Crippen molar-refractivity contribution >= 4 is 17.0 Å². The number of aliphatic carboxylic acids is 1. The third-order valence-electron chi connectivity index (χ3n) is 3.17. The first kappa shape index (κ1) is 12.5. The molecule has 6 heteroatoms. The monoisotopic (exact) mass is 254 g/mol. The molecule has 1 aromatic carbocycles. The molecule has 4 nitrogen and oxygen atoms in total. The van der Waals surface area contributed by atoms with Gasteiger partial charge in [0, 0.05) is 18.2 Å². The minimum absolute atomic E-state index is 0.304. The highest BCUT2D eigenvalue weighted by Crippen LogP contribution is 2.25. The summed E-state index contributed by atoms with van der Waals surface area (Å²) in [5.41, 5.74) is 0.688. The lowest BCUT2D eigenvalue weighted by Crippen LogP contribution is -2.21. The van der Waals surface area contributed by atoms with Crippen LogP contribution in [0.5, 0.6) is 0 Å². The van der Waals surface area contributed by atoms with E-state index in [1.54, 1.807) is 13.8 Å². The average molecular weight is 254 g/mol. The summed E-state index contributed by atoms with van der Waals surface area (Å²) in [6.45, 7) is 3.25. The lowest BCUT2D eigenvalue weighted by atomic mass is 10.0. The van der Waals surface area contributed by atoms with Crippen LogP contribution in [-0.4, -0.2) is 20.6 Å². The summed E-state index contributed by atoms with van der Waals surface area (Å²) in [6, 6.07) is 1.62. The van der Waals surface area contributed by atoms with Crippen LogP contribution in [0, 0.1) is 17.6 Å². The highest BCUT2D eigenvalue weighted by atomic mass is 19.2. The molecular weight excluding hydrogens is 242 g/mol. The largest absolute Gasteiger partial charge is 0.481 e. The molecule has 0 bridgehead atoms. The first-order chi connectivity index (χ1) is 8.41. The molecule has 0 amide bonds. The SMILES string of the molecule is CC(C(=O)O)C(C)n1cnc2cc(F)c(F)cc21. The number of fused-ring (bicyclic) bond motifs is 1. The van der Waals surface area contributed by atoms with E-state index in [0.717, 1.165) is 12.1 Å². The van der Waals surface area contributed by atoms with Crippen LogP contribution < -0.4 is 0 Å². The Morgan fingerprint density at radius 3 is 2.56 bits per heavy atom. The molecule has 0 saturated carbocycles. The normalized spacial score (nSPS) is 14.7. The van der Waals surface area contributed by atoms with E-state index in [0.29, 0.717) is 11.0 Å². The van der Waals surface area contributed by atoms with Gasteiger partial charge in [-0.25, -0.2) is 13.8 Å². The van der Waals surface area contributed by atoms with Crippen LogP contribution in [-0.2, 0) is 4.79 Å². The van der Waals surface area contributed by atoms with Crippen LogP contribution in [0.25, 0.3) is 11.0 Å². The van der Waals surface area contributed by atoms with E-state index < -0.39 is 29.6 Å². The predicted octanol–water partition coefficient (Wildman–Crippen LogP) is 2.60. The van der Waals surface area contributed by atoms with E-state index >= 15 is 0 Å². The number of hydrogen-bond acceptors (Lipinski definition) is 2. The molecule has 2 aromatic rings. The number of carboxylic acid groups (broad SMARTS) is 1. The zero-order valence-corrected chi connectivity index (χ0v) is 9.89. The minimum atomic E-state index is -0.973. The highest BCUT2D eigenvalue weighted by molar-refractivity contribution is 5.76. The van der Waals surface area contributed by atoms with Gasteiger partial charge in [-0.15, -0.1) is 0 Å². The molecule has 0 aliphatic heterocycles. The van der Waals surface area contributed by atoms with Gasteiger partial charge < -0.3 is 9.67 Å². The van der Waals surface area contributed by atoms with Crippen molar-refractivity contribution in [2.24, 2.45) is 5.92 Å². The number of carboxylic acids is 1. The molecule has 0 aliphatic carbocycles. The third kappa shape index (κ3) is 1.94. The Morgan fingerprint density at radius 2 is 1.94 bits per heavy atom. The summed E-state index contributed by atoms with van der Waals surface area (Å²) < 4.78 is 27.8. The Hall–Kier alpha value is -1.98. The second-order valence-electron chi connectivity index (χ2n) is 4.27. The second kappa shape index (κ2) is 4.36. The Kier molecular flexibility index (Phi) is 3.02. The summed E-state index contributed by atoms with van der Waals surface area (Å²) in [5, 5.41) is 8.95. The van der Waals surface area contributed by atoms with Crippen LogP contribution in [0.4, 0.5) is 8.78 Å². The van der Waals surface area contributed by atoms with Crippen LogP contribution >= 0.6 is 0 Å². The maximum absolute atomic E-state index is 13.2. The van der Waals surface area contributed by atoms with Crippen molar-refractivity contribution in [2.75, 3.05) is 0 Å². The number of imidazole rings is 1. The van der Waals surface area contributed by atoms with Gasteiger partial charge in [0.05, 0.1) is 23.3 Å². The molecule has 1 N–H and O–H groups in total. The van der Waals surface area contributed by atoms with Crippen LogP contribution in [0.1, 0.15) is 19.9 Å². The fraction of sp³-hybridized carbons (Fsp3) is 0.333. The average Bonchev–Trinajstić information content (AvgIpc) is 2.70. The molecule has 0 spiro atoms. The maximum Gasteiger partial charge on any atom is 0.308 e. The molecular formula is C12H12F2N2O2. The molecule has 1 heterocycles.